The zero-order valence-corrected chi connectivity index (χ0v) is 20.8. The highest BCUT2D eigenvalue weighted by Crippen LogP contribution is 2.22. The number of para-hydroxylation sites is 1. The second-order valence-electron chi connectivity index (χ2n) is 8.13. The molecule has 1 atom stereocenters. The highest BCUT2D eigenvalue weighted by molar-refractivity contribution is 7.99. The van der Waals surface area contributed by atoms with E-state index in [2.05, 4.69) is 18.7 Å². The fourth-order valence-electron chi connectivity index (χ4n) is 3.85. The van der Waals surface area contributed by atoms with Gasteiger partial charge in [-0.15, -0.1) is 0 Å². The smallest absolute Gasteiger partial charge is 0.262 e. The Kier molecular flexibility index (Phi) is 9.09. The minimum atomic E-state index is -0.0406. The Hall–Kier alpha value is -2.64. The van der Waals surface area contributed by atoms with E-state index in [0.717, 1.165) is 31.6 Å². The van der Waals surface area contributed by atoms with Gasteiger partial charge in [0.25, 0.3) is 5.56 Å². The van der Waals surface area contributed by atoms with Gasteiger partial charge in [-0.1, -0.05) is 68.1 Å². The first kappa shape index (κ1) is 25.0. The first-order valence-corrected chi connectivity index (χ1v) is 12.6. The lowest BCUT2D eigenvalue weighted by atomic mass is 10.1. The van der Waals surface area contributed by atoms with Crippen LogP contribution in [-0.4, -0.2) is 57.7 Å². The normalized spacial score (nSPS) is 12.3. The fraction of sp³-hybridized carbons (Fsp3) is 0.423. The molecule has 0 saturated heterocycles. The molecule has 1 heterocycles. The molecule has 176 valence electrons. The molecule has 0 aliphatic carbocycles. The predicted molar refractivity (Wildman–Crippen MR) is 137 cm³/mol. The highest BCUT2D eigenvalue weighted by Gasteiger charge is 2.19. The Balaban J connectivity index is 1.77. The molecule has 0 saturated carbocycles. The number of benzene rings is 2. The Labute approximate surface area is 200 Å². The summed E-state index contributed by atoms with van der Waals surface area (Å²) in [5.74, 6) is 0.238. The molecule has 6 nitrogen and oxygen atoms in total. The molecule has 33 heavy (non-hydrogen) atoms. The first-order chi connectivity index (χ1) is 16.0. The average Bonchev–Trinajstić information content (AvgIpc) is 2.86. The van der Waals surface area contributed by atoms with Crippen molar-refractivity contribution in [2.24, 2.45) is 0 Å². The van der Waals surface area contributed by atoms with E-state index >= 15 is 0 Å². The molecule has 0 aliphatic rings. The zero-order valence-electron chi connectivity index (χ0n) is 20.0. The van der Waals surface area contributed by atoms with Gasteiger partial charge < -0.3 is 9.80 Å². The third-order valence-electron chi connectivity index (χ3n) is 6.16. The molecule has 1 unspecified atom stereocenters. The molecular weight excluding hydrogens is 432 g/mol. The number of hydrogen-bond acceptors (Lipinski definition) is 5. The molecule has 3 aromatic rings. The van der Waals surface area contributed by atoms with Crippen LogP contribution in [0.4, 0.5) is 0 Å². The molecule has 0 fully saturated rings. The average molecular weight is 467 g/mol. The van der Waals surface area contributed by atoms with Crippen molar-refractivity contribution in [2.45, 2.75) is 44.9 Å². The van der Waals surface area contributed by atoms with Crippen LogP contribution in [0.5, 0.6) is 0 Å². The van der Waals surface area contributed by atoms with Gasteiger partial charge in [0.2, 0.25) is 5.91 Å². The largest absolute Gasteiger partial charge is 0.338 e. The van der Waals surface area contributed by atoms with Crippen molar-refractivity contribution >= 4 is 28.6 Å². The van der Waals surface area contributed by atoms with Crippen molar-refractivity contribution in [1.29, 1.82) is 0 Å². The van der Waals surface area contributed by atoms with E-state index in [1.165, 1.54) is 11.8 Å². The number of rotatable bonds is 11. The molecule has 0 aliphatic heterocycles. The monoisotopic (exact) mass is 466 g/mol. The third-order valence-corrected chi connectivity index (χ3v) is 7.12. The van der Waals surface area contributed by atoms with Gasteiger partial charge in [-0.05, 0) is 50.7 Å². The Morgan fingerprint density at radius 2 is 1.73 bits per heavy atom. The van der Waals surface area contributed by atoms with Gasteiger partial charge in [0.05, 0.1) is 22.7 Å². The van der Waals surface area contributed by atoms with Crippen LogP contribution >= 0.6 is 11.8 Å². The van der Waals surface area contributed by atoms with E-state index < -0.39 is 0 Å². The summed E-state index contributed by atoms with van der Waals surface area (Å²) in [5.41, 5.74) is 1.72. The van der Waals surface area contributed by atoms with E-state index in [1.807, 2.05) is 68.6 Å². The lowest BCUT2D eigenvalue weighted by Crippen LogP contribution is -2.32. The summed E-state index contributed by atoms with van der Waals surface area (Å²) in [6.07, 6.45) is 0.855. The maximum absolute atomic E-state index is 13.2. The molecule has 2 aromatic carbocycles. The van der Waals surface area contributed by atoms with Gasteiger partial charge in [0.15, 0.2) is 5.16 Å². The van der Waals surface area contributed by atoms with Crippen LogP contribution in [0.25, 0.3) is 10.9 Å². The fourth-order valence-corrected chi connectivity index (χ4v) is 4.80. The summed E-state index contributed by atoms with van der Waals surface area (Å²) in [4.78, 5) is 35.0. The van der Waals surface area contributed by atoms with E-state index in [-0.39, 0.29) is 23.3 Å². The Bertz CT molecular complexity index is 1110. The van der Waals surface area contributed by atoms with Crippen LogP contribution in [0.1, 0.15) is 38.8 Å². The van der Waals surface area contributed by atoms with Gasteiger partial charge in [0.1, 0.15) is 0 Å². The van der Waals surface area contributed by atoms with Gasteiger partial charge in [-0.2, -0.15) is 0 Å². The SMILES string of the molecule is CCN(CC)CCCn1c(SCC(=O)N(C)C(C)c2ccccc2)nc2ccccc2c1=O. The van der Waals surface area contributed by atoms with Gasteiger partial charge in [-0.3, -0.25) is 14.2 Å². The van der Waals surface area contributed by atoms with Gasteiger partial charge in [0, 0.05) is 13.6 Å². The highest BCUT2D eigenvalue weighted by atomic mass is 32.2. The number of carbonyl (C=O) groups is 1. The summed E-state index contributed by atoms with van der Waals surface area (Å²) in [5, 5.41) is 1.22. The van der Waals surface area contributed by atoms with E-state index in [0.29, 0.717) is 22.6 Å². The van der Waals surface area contributed by atoms with Crippen molar-refractivity contribution in [1.82, 2.24) is 19.4 Å². The first-order valence-electron chi connectivity index (χ1n) is 11.6. The molecule has 0 spiro atoms. The van der Waals surface area contributed by atoms with Crippen molar-refractivity contribution in [3.05, 3.63) is 70.5 Å². The summed E-state index contributed by atoms with van der Waals surface area (Å²) < 4.78 is 1.74. The Morgan fingerprint density at radius 3 is 2.42 bits per heavy atom. The summed E-state index contributed by atoms with van der Waals surface area (Å²) in [6.45, 7) is 9.80. The topological polar surface area (TPSA) is 58.4 Å². The van der Waals surface area contributed by atoms with Crippen molar-refractivity contribution in [3.63, 3.8) is 0 Å². The number of thioether (sulfide) groups is 1. The number of hydrogen-bond donors (Lipinski definition) is 0. The van der Waals surface area contributed by atoms with E-state index in [9.17, 15) is 9.59 Å². The van der Waals surface area contributed by atoms with Crippen LogP contribution in [0, 0.1) is 0 Å². The summed E-state index contributed by atoms with van der Waals surface area (Å²) in [6, 6.07) is 17.4. The predicted octanol–water partition coefficient (Wildman–Crippen LogP) is 4.44. The van der Waals surface area contributed by atoms with Crippen molar-refractivity contribution in [2.75, 3.05) is 32.4 Å². The lowest BCUT2D eigenvalue weighted by molar-refractivity contribution is -0.128. The van der Waals surface area contributed by atoms with Gasteiger partial charge in [-0.25, -0.2) is 4.98 Å². The van der Waals surface area contributed by atoms with E-state index in [4.69, 9.17) is 4.98 Å². The number of aromatic nitrogens is 2. The molecule has 0 bridgehead atoms. The minimum Gasteiger partial charge on any atom is -0.338 e. The molecule has 0 N–H and O–H groups in total. The molecule has 1 amide bonds. The summed E-state index contributed by atoms with van der Waals surface area (Å²) in [7, 11) is 1.82. The second kappa shape index (κ2) is 12.0. The quantitative estimate of drug-likeness (QED) is 0.309. The van der Waals surface area contributed by atoms with Crippen LogP contribution < -0.4 is 5.56 Å². The lowest BCUT2D eigenvalue weighted by Gasteiger charge is -2.25. The maximum Gasteiger partial charge on any atom is 0.262 e. The standard InChI is InChI=1S/C26H34N4O2S/c1-5-29(6-2)17-12-18-30-25(32)22-15-10-11-16-23(22)27-26(30)33-19-24(31)28(4)20(3)21-13-8-7-9-14-21/h7-11,13-16,20H,5-6,12,17-19H2,1-4H3. The second-order valence-corrected chi connectivity index (χ2v) is 9.07. The number of fused-ring (bicyclic) bond motifs is 1. The third kappa shape index (κ3) is 6.24. The number of carbonyl (C=O) groups excluding carboxylic acids is 1. The number of amides is 1. The maximum atomic E-state index is 13.2. The van der Waals surface area contributed by atoms with Crippen LogP contribution in [0.15, 0.2) is 64.5 Å². The van der Waals surface area contributed by atoms with Crippen LogP contribution in [0.2, 0.25) is 0 Å². The molecule has 1 aromatic heterocycles. The van der Waals surface area contributed by atoms with Crippen LogP contribution in [-0.2, 0) is 11.3 Å². The Morgan fingerprint density at radius 1 is 1.06 bits per heavy atom. The molecule has 0 radical (unpaired) electrons. The van der Waals surface area contributed by atoms with Crippen LogP contribution in [0.3, 0.4) is 0 Å². The van der Waals surface area contributed by atoms with Gasteiger partial charge >= 0.3 is 0 Å². The van der Waals surface area contributed by atoms with Crippen molar-refractivity contribution in [3.8, 4) is 0 Å². The van der Waals surface area contributed by atoms with Crippen molar-refractivity contribution < 1.29 is 4.79 Å². The zero-order chi connectivity index (χ0) is 23.8. The molecule has 3 rings (SSSR count). The summed E-state index contributed by atoms with van der Waals surface area (Å²) >= 11 is 1.34. The molecule has 7 heteroatoms. The minimum absolute atomic E-state index is 0.00783. The molecular formula is C26H34N4O2S. The number of nitrogens with zero attached hydrogens (tertiary/aromatic N) is 4. The van der Waals surface area contributed by atoms with E-state index in [1.54, 1.807) is 9.47 Å².